The maximum absolute atomic E-state index is 4.43. The van der Waals surface area contributed by atoms with E-state index in [1.165, 1.54) is 0 Å². The Labute approximate surface area is 83.2 Å². The summed E-state index contributed by atoms with van der Waals surface area (Å²) in [4.78, 5) is 7.60. The van der Waals surface area contributed by atoms with E-state index in [0.717, 1.165) is 22.9 Å². The van der Waals surface area contributed by atoms with E-state index in [4.69, 9.17) is 0 Å². The minimum Gasteiger partial charge on any atom is -0.359 e. The van der Waals surface area contributed by atoms with Crippen LogP contribution in [-0.4, -0.2) is 17.0 Å². The Hall–Kier alpha value is -1.77. The first-order valence-electron chi connectivity index (χ1n) is 4.61. The Morgan fingerprint density at radius 3 is 2.50 bits per heavy atom. The highest BCUT2D eigenvalue weighted by Gasteiger charge is 2.06. The number of benzene rings is 1. The van der Waals surface area contributed by atoms with E-state index in [1.54, 1.807) is 0 Å². The maximum atomic E-state index is 4.43. The first-order valence-corrected chi connectivity index (χ1v) is 4.61. The van der Waals surface area contributed by atoms with Crippen LogP contribution < -0.4 is 5.32 Å². The van der Waals surface area contributed by atoms with Gasteiger partial charge in [0.05, 0.1) is 5.69 Å². The minimum atomic E-state index is 0.807. The summed E-state index contributed by atoms with van der Waals surface area (Å²) in [5, 5.41) is 2.99. The maximum Gasteiger partial charge on any atom is 0.200 e. The summed E-state index contributed by atoms with van der Waals surface area (Å²) in [6, 6.07) is 10.2. The predicted octanol–water partition coefficient (Wildman–Crippen LogP) is 2.43. The average molecular weight is 187 g/mol. The van der Waals surface area contributed by atoms with E-state index in [-0.39, 0.29) is 0 Å². The van der Waals surface area contributed by atoms with Crippen molar-refractivity contribution >= 4 is 5.95 Å². The molecule has 0 amide bonds. The molecule has 0 radical (unpaired) electrons. The minimum absolute atomic E-state index is 0.807. The summed E-state index contributed by atoms with van der Waals surface area (Å²) in [5.41, 5.74) is 3.23. The van der Waals surface area contributed by atoms with Crippen LogP contribution in [0.3, 0.4) is 0 Å². The van der Waals surface area contributed by atoms with Gasteiger partial charge in [0.2, 0.25) is 5.95 Å². The van der Waals surface area contributed by atoms with E-state index in [1.807, 2.05) is 32.2 Å². The number of anilines is 1. The lowest BCUT2D eigenvalue weighted by atomic mass is 10.1. The zero-order valence-electron chi connectivity index (χ0n) is 8.33. The van der Waals surface area contributed by atoms with Gasteiger partial charge in [-0.3, -0.25) is 0 Å². The molecule has 2 rings (SSSR count). The molecule has 1 aromatic carbocycles. The van der Waals surface area contributed by atoms with Gasteiger partial charge in [-0.15, -0.1) is 0 Å². The molecule has 2 aromatic rings. The highest BCUT2D eigenvalue weighted by molar-refractivity contribution is 5.63. The summed E-state index contributed by atoms with van der Waals surface area (Å²) >= 11 is 0. The molecule has 0 saturated heterocycles. The molecule has 0 spiro atoms. The Morgan fingerprint density at radius 2 is 1.93 bits per heavy atom. The molecule has 0 aliphatic carbocycles. The van der Waals surface area contributed by atoms with Crippen LogP contribution in [0.4, 0.5) is 5.95 Å². The zero-order valence-corrected chi connectivity index (χ0v) is 8.33. The van der Waals surface area contributed by atoms with Crippen LogP contribution in [-0.2, 0) is 0 Å². The first-order chi connectivity index (χ1) is 6.81. The number of hydrogen-bond acceptors (Lipinski definition) is 2. The fourth-order valence-corrected chi connectivity index (χ4v) is 1.46. The van der Waals surface area contributed by atoms with Gasteiger partial charge in [0, 0.05) is 18.3 Å². The van der Waals surface area contributed by atoms with E-state index in [0.29, 0.717) is 0 Å². The van der Waals surface area contributed by atoms with Crippen molar-refractivity contribution in [2.45, 2.75) is 6.92 Å². The second kappa shape index (κ2) is 3.54. The SMILES string of the molecule is CNc1nc(-c2ccccc2)c(C)[nH]1. The number of aryl methyl sites for hydroxylation is 1. The molecule has 3 nitrogen and oxygen atoms in total. The number of H-pyrrole nitrogens is 1. The topological polar surface area (TPSA) is 40.7 Å². The highest BCUT2D eigenvalue weighted by Crippen LogP contribution is 2.21. The van der Waals surface area contributed by atoms with Gasteiger partial charge in [-0.1, -0.05) is 30.3 Å². The van der Waals surface area contributed by atoms with Crippen LogP contribution in [0, 0.1) is 6.92 Å². The fourth-order valence-electron chi connectivity index (χ4n) is 1.46. The first kappa shape index (κ1) is 8.81. The molecule has 0 aliphatic rings. The summed E-state index contributed by atoms with van der Waals surface area (Å²) < 4.78 is 0. The molecule has 3 heteroatoms. The van der Waals surface area contributed by atoms with Gasteiger partial charge in [-0.25, -0.2) is 4.98 Å². The Kier molecular flexibility index (Phi) is 2.23. The lowest BCUT2D eigenvalue weighted by Gasteiger charge is -1.96. The van der Waals surface area contributed by atoms with Gasteiger partial charge < -0.3 is 10.3 Å². The smallest absolute Gasteiger partial charge is 0.200 e. The average Bonchev–Trinajstić information content (AvgIpc) is 2.61. The summed E-state index contributed by atoms with van der Waals surface area (Å²) in [7, 11) is 1.85. The number of aromatic amines is 1. The third kappa shape index (κ3) is 1.48. The lowest BCUT2D eigenvalue weighted by Crippen LogP contribution is -1.88. The molecule has 0 unspecified atom stereocenters. The molecule has 14 heavy (non-hydrogen) atoms. The van der Waals surface area contributed by atoms with E-state index < -0.39 is 0 Å². The summed E-state index contributed by atoms with van der Waals surface area (Å²) in [5.74, 6) is 0.807. The third-order valence-corrected chi connectivity index (χ3v) is 2.17. The molecule has 72 valence electrons. The van der Waals surface area contributed by atoms with Crippen molar-refractivity contribution in [1.82, 2.24) is 9.97 Å². The van der Waals surface area contributed by atoms with Gasteiger partial charge in [0.1, 0.15) is 0 Å². The normalized spacial score (nSPS) is 10.1. The zero-order chi connectivity index (χ0) is 9.97. The van der Waals surface area contributed by atoms with Crippen molar-refractivity contribution in [2.75, 3.05) is 12.4 Å². The molecule has 0 aliphatic heterocycles. The van der Waals surface area contributed by atoms with Crippen molar-refractivity contribution in [3.63, 3.8) is 0 Å². The van der Waals surface area contributed by atoms with Crippen LogP contribution in [0.1, 0.15) is 5.69 Å². The third-order valence-electron chi connectivity index (χ3n) is 2.17. The second-order valence-electron chi connectivity index (χ2n) is 3.18. The molecular formula is C11H13N3. The molecule has 2 N–H and O–H groups in total. The number of imidazole rings is 1. The van der Waals surface area contributed by atoms with E-state index >= 15 is 0 Å². The van der Waals surface area contributed by atoms with Gasteiger partial charge >= 0.3 is 0 Å². The van der Waals surface area contributed by atoms with Crippen molar-refractivity contribution in [3.8, 4) is 11.3 Å². The second-order valence-corrected chi connectivity index (χ2v) is 3.18. The van der Waals surface area contributed by atoms with Crippen LogP contribution in [0.5, 0.6) is 0 Å². The van der Waals surface area contributed by atoms with E-state index in [9.17, 15) is 0 Å². The number of nitrogens with one attached hydrogen (secondary N) is 2. The monoisotopic (exact) mass is 187 g/mol. The number of rotatable bonds is 2. The number of aromatic nitrogens is 2. The van der Waals surface area contributed by atoms with Crippen molar-refractivity contribution in [2.24, 2.45) is 0 Å². The number of hydrogen-bond donors (Lipinski definition) is 2. The Morgan fingerprint density at radius 1 is 1.21 bits per heavy atom. The predicted molar refractivity (Wildman–Crippen MR) is 58.3 cm³/mol. The number of nitrogens with zero attached hydrogens (tertiary/aromatic N) is 1. The molecule has 0 bridgehead atoms. The van der Waals surface area contributed by atoms with Crippen LogP contribution >= 0.6 is 0 Å². The van der Waals surface area contributed by atoms with Gasteiger partial charge in [0.15, 0.2) is 0 Å². The summed E-state index contributed by atoms with van der Waals surface area (Å²) in [6.07, 6.45) is 0. The van der Waals surface area contributed by atoms with Crippen LogP contribution in [0.25, 0.3) is 11.3 Å². The van der Waals surface area contributed by atoms with Crippen molar-refractivity contribution in [1.29, 1.82) is 0 Å². The standard InChI is InChI=1S/C11H13N3/c1-8-10(14-11(12-2)13-8)9-6-4-3-5-7-9/h3-7H,1-2H3,(H2,12,13,14). The summed E-state index contributed by atoms with van der Waals surface area (Å²) in [6.45, 7) is 2.02. The highest BCUT2D eigenvalue weighted by atomic mass is 15.1. The molecule has 1 aromatic heterocycles. The van der Waals surface area contributed by atoms with E-state index in [2.05, 4.69) is 27.4 Å². The molecule has 0 fully saturated rings. The molecule has 1 heterocycles. The fraction of sp³-hybridized carbons (Fsp3) is 0.182. The van der Waals surface area contributed by atoms with Gasteiger partial charge in [0.25, 0.3) is 0 Å². The Bertz CT molecular complexity index is 417. The lowest BCUT2D eigenvalue weighted by molar-refractivity contribution is 1.23. The van der Waals surface area contributed by atoms with Crippen LogP contribution in [0.15, 0.2) is 30.3 Å². The molecular weight excluding hydrogens is 174 g/mol. The largest absolute Gasteiger partial charge is 0.359 e. The Balaban J connectivity index is 2.46. The van der Waals surface area contributed by atoms with Gasteiger partial charge in [-0.2, -0.15) is 0 Å². The molecule has 0 saturated carbocycles. The molecule has 0 atom stereocenters. The van der Waals surface area contributed by atoms with Crippen LogP contribution in [0.2, 0.25) is 0 Å². The quantitative estimate of drug-likeness (QED) is 0.758. The van der Waals surface area contributed by atoms with Crippen molar-refractivity contribution < 1.29 is 0 Å². The van der Waals surface area contributed by atoms with Crippen molar-refractivity contribution in [3.05, 3.63) is 36.0 Å². The van der Waals surface area contributed by atoms with Gasteiger partial charge in [-0.05, 0) is 6.92 Å².